The summed E-state index contributed by atoms with van der Waals surface area (Å²) in [6, 6.07) is 0.0542. The molecule has 1 atom stereocenters. The molecule has 0 aromatic heterocycles. The summed E-state index contributed by atoms with van der Waals surface area (Å²) in [4.78, 5) is 21.6. The normalized spacial score (nSPS) is 12.0. The van der Waals surface area contributed by atoms with E-state index in [9.17, 15) is 22.8 Å². The van der Waals surface area contributed by atoms with E-state index >= 15 is 0 Å². The summed E-state index contributed by atoms with van der Waals surface area (Å²) < 4.78 is 38.5. The Hall–Kier alpha value is -2.05. The highest BCUT2D eigenvalue weighted by Gasteiger charge is 2.20. The summed E-state index contributed by atoms with van der Waals surface area (Å²) in [6.45, 7) is 1.11. The molecule has 98 valence electrons. The van der Waals surface area contributed by atoms with Crippen molar-refractivity contribution in [2.75, 3.05) is 0 Å². The SMILES string of the molecule is CC(=O)N[C@@H](Cc1cc(F)c(F)c(F)c1)C(=O)O. The number of carbonyl (C=O) groups excluding carboxylic acids is 1. The Kier molecular flexibility index (Phi) is 4.30. The van der Waals surface area contributed by atoms with Crippen molar-refractivity contribution in [3.05, 3.63) is 35.1 Å². The number of rotatable bonds is 4. The molecular formula is C11H10F3NO3. The maximum Gasteiger partial charge on any atom is 0.326 e. The third kappa shape index (κ3) is 3.47. The molecule has 0 radical (unpaired) electrons. The van der Waals surface area contributed by atoms with Gasteiger partial charge in [-0.2, -0.15) is 0 Å². The van der Waals surface area contributed by atoms with Crippen LogP contribution in [0.25, 0.3) is 0 Å². The molecule has 7 heteroatoms. The van der Waals surface area contributed by atoms with Crippen LogP contribution in [0, 0.1) is 17.5 Å². The Morgan fingerprint density at radius 1 is 1.28 bits per heavy atom. The van der Waals surface area contributed by atoms with E-state index in [4.69, 9.17) is 5.11 Å². The highest BCUT2D eigenvalue weighted by molar-refractivity contribution is 5.82. The highest BCUT2D eigenvalue weighted by atomic mass is 19.2. The van der Waals surface area contributed by atoms with Crippen molar-refractivity contribution in [2.24, 2.45) is 0 Å². The zero-order valence-electron chi connectivity index (χ0n) is 9.34. The van der Waals surface area contributed by atoms with Crippen molar-refractivity contribution in [1.29, 1.82) is 0 Å². The van der Waals surface area contributed by atoms with E-state index in [1.807, 2.05) is 0 Å². The largest absolute Gasteiger partial charge is 0.480 e. The number of carboxylic acid groups (broad SMARTS) is 1. The van der Waals surface area contributed by atoms with Crippen LogP contribution in [0.4, 0.5) is 13.2 Å². The monoisotopic (exact) mass is 261 g/mol. The Bertz CT molecular complexity index is 467. The number of nitrogens with one attached hydrogen (secondary N) is 1. The molecule has 0 heterocycles. The molecule has 0 aliphatic rings. The molecule has 0 saturated heterocycles. The predicted octanol–water partition coefficient (Wildman–Crippen LogP) is 1.24. The molecule has 0 aliphatic heterocycles. The molecule has 0 unspecified atom stereocenters. The molecule has 1 amide bonds. The van der Waals surface area contributed by atoms with Crippen molar-refractivity contribution < 1.29 is 27.9 Å². The summed E-state index contributed by atoms with van der Waals surface area (Å²) >= 11 is 0. The Balaban J connectivity index is 2.94. The Labute approximate surface area is 100 Å². The van der Waals surface area contributed by atoms with E-state index in [1.165, 1.54) is 0 Å². The van der Waals surface area contributed by atoms with E-state index in [0.717, 1.165) is 6.92 Å². The van der Waals surface area contributed by atoms with E-state index in [-0.39, 0.29) is 12.0 Å². The van der Waals surface area contributed by atoms with Crippen molar-refractivity contribution in [1.82, 2.24) is 5.32 Å². The molecule has 4 nitrogen and oxygen atoms in total. The molecule has 0 saturated carbocycles. The molecule has 0 spiro atoms. The van der Waals surface area contributed by atoms with Gasteiger partial charge in [0.15, 0.2) is 17.5 Å². The summed E-state index contributed by atoms with van der Waals surface area (Å²) in [7, 11) is 0. The second-order valence-corrected chi connectivity index (χ2v) is 3.67. The second-order valence-electron chi connectivity index (χ2n) is 3.67. The van der Waals surface area contributed by atoms with Crippen LogP contribution >= 0.6 is 0 Å². The molecule has 0 fully saturated rings. The van der Waals surface area contributed by atoms with Gasteiger partial charge in [0, 0.05) is 13.3 Å². The smallest absolute Gasteiger partial charge is 0.326 e. The van der Waals surface area contributed by atoms with E-state index < -0.39 is 35.4 Å². The van der Waals surface area contributed by atoms with Crippen molar-refractivity contribution in [3.63, 3.8) is 0 Å². The number of carboxylic acids is 1. The molecule has 2 N–H and O–H groups in total. The van der Waals surface area contributed by atoms with E-state index in [1.54, 1.807) is 0 Å². The van der Waals surface area contributed by atoms with Crippen molar-refractivity contribution in [3.8, 4) is 0 Å². The second kappa shape index (κ2) is 5.52. The fourth-order valence-electron chi connectivity index (χ4n) is 1.41. The first kappa shape index (κ1) is 14.0. The topological polar surface area (TPSA) is 66.4 Å². The standard InChI is InChI=1S/C11H10F3NO3/c1-5(16)15-9(11(17)18)4-6-2-7(12)10(14)8(13)3-6/h2-3,9H,4H2,1H3,(H,15,16)(H,17,18)/t9-/m0/s1. The third-order valence-corrected chi connectivity index (χ3v) is 2.16. The van der Waals surface area contributed by atoms with Crippen LogP contribution in [0.3, 0.4) is 0 Å². The molecule has 1 aromatic carbocycles. The van der Waals surface area contributed by atoms with Crippen LogP contribution in [0.15, 0.2) is 12.1 Å². The summed E-state index contributed by atoms with van der Waals surface area (Å²) in [5, 5.41) is 10.9. The van der Waals surface area contributed by atoms with Gasteiger partial charge in [-0.3, -0.25) is 4.79 Å². The zero-order valence-corrected chi connectivity index (χ0v) is 9.34. The summed E-state index contributed by atoms with van der Waals surface area (Å²) in [5.41, 5.74) is -0.0625. The number of amides is 1. The minimum absolute atomic E-state index is 0.0625. The summed E-state index contributed by atoms with van der Waals surface area (Å²) in [5.74, 6) is -6.38. The number of aliphatic carboxylic acids is 1. The van der Waals surface area contributed by atoms with Gasteiger partial charge < -0.3 is 10.4 Å². The first-order valence-electron chi connectivity index (χ1n) is 4.94. The Morgan fingerprint density at radius 3 is 2.17 bits per heavy atom. The number of benzene rings is 1. The van der Waals surface area contributed by atoms with Crippen molar-refractivity contribution in [2.45, 2.75) is 19.4 Å². The van der Waals surface area contributed by atoms with Crippen LogP contribution in [-0.4, -0.2) is 23.0 Å². The average Bonchev–Trinajstić information content (AvgIpc) is 2.24. The van der Waals surface area contributed by atoms with Gasteiger partial charge in [0.25, 0.3) is 0 Å². The van der Waals surface area contributed by atoms with Gasteiger partial charge in [-0.25, -0.2) is 18.0 Å². The maximum absolute atomic E-state index is 12.9. The molecule has 18 heavy (non-hydrogen) atoms. The van der Waals surface area contributed by atoms with Gasteiger partial charge in [-0.15, -0.1) is 0 Å². The number of hydrogen-bond acceptors (Lipinski definition) is 2. The first-order valence-corrected chi connectivity index (χ1v) is 4.94. The third-order valence-electron chi connectivity index (χ3n) is 2.16. The number of halogens is 3. The minimum atomic E-state index is -1.62. The van der Waals surface area contributed by atoms with Crippen molar-refractivity contribution >= 4 is 11.9 Å². The lowest BCUT2D eigenvalue weighted by molar-refractivity contribution is -0.141. The zero-order chi connectivity index (χ0) is 13.9. The highest BCUT2D eigenvalue weighted by Crippen LogP contribution is 2.15. The average molecular weight is 261 g/mol. The van der Waals surface area contributed by atoms with Gasteiger partial charge >= 0.3 is 5.97 Å². The van der Waals surface area contributed by atoms with E-state index in [0.29, 0.717) is 12.1 Å². The van der Waals surface area contributed by atoms with Crippen LogP contribution < -0.4 is 5.32 Å². The molecule has 0 aliphatic carbocycles. The fraction of sp³-hybridized carbons (Fsp3) is 0.273. The minimum Gasteiger partial charge on any atom is -0.480 e. The van der Waals surface area contributed by atoms with E-state index in [2.05, 4.69) is 5.32 Å². The van der Waals surface area contributed by atoms with Gasteiger partial charge in [0.05, 0.1) is 0 Å². The molecule has 0 bridgehead atoms. The number of hydrogen-bond donors (Lipinski definition) is 2. The molecule has 1 aromatic rings. The van der Waals surface area contributed by atoms with Crippen LogP contribution in [-0.2, 0) is 16.0 Å². The Morgan fingerprint density at radius 2 is 1.78 bits per heavy atom. The van der Waals surface area contributed by atoms with Gasteiger partial charge in [-0.1, -0.05) is 0 Å². The van der Waals surface area contributed by atoms with Gasteiger partial charge in [0.1, 0.15) is 6.04 Å². The first-order chi connectivity index (χ1) is 8.31. The fourth-order valence-corrected chi connectivity index (χ4v) is 1.41. The quantitative estimate of drug-likeness (QED) is 0.801. The lowest BCUT2D eigenvalue weighted by Gasteiger charge is -2.13. The maximum atomic E-state index is 12.9. The van der Waals surface area contributed by atoms with Crippen LogP contribution in [0.1, 0.15) is 12.5 Å². The number of carbonyl (C=O) groups is 2. The van der Waals surface area contributed by atoms with Crippen LogP contribution in [0.5, 0.6) is 0 Å². The van der Waals surface area contributed by atoms with Gasteiger partial charge in [0.2, 0.25) is 5.91 Å². The lowest BCUT2D eigenvalue weighted by atomic mass is 10.1. The molecular weight excluding hydrogens is 251 g/mol. The molecule has 1 rings (SSSR count). The van der Waals surface area contributed by atoms with Gasteiger partial charge in [-0.05, 0) is 17.7 Å². The predicted molar refractivity (Wildman–Crippen MR) is 55.3 cm³/mol. The summed E-state index contributed by atoms with van der Waals surface area (Å²) in [6.07, 6.45) is -0.344. The van der Waals surface area contributed by atoms with Crippen LogP contribution in [0.2, 0.25) is 0 Å². The lowest BCUT2D eigenvalue weighted by Crippen LogP contribution is -2.41.